The average Bonchev–Trinajstić information content (AvgIpc) is 2.57. The lowest BCUT2D eigenvalue weighted by Crippen LogP contribution is -2.46. The molecule has 1 saturated carbocycles. The van der Waals surface area contributed by atoms with E-state index in [1.54, 1.807) is 7.05 Å². The SMILES string of the molecule is CNNC(=O)C(N)CC1CCCC1. The van der Waals surface area contributed by atoms with Crippen molar-refractivity contribution in [3.63, 3.8) is 0 Å². The third-order valence-corrected chi connectivity index (χ3v) is 2.65. The molecule has 1 rings (SSSR count). The van der Waals surface area contributed by atoms with Gasteiger partial charge in [0.15, 0.2) is 0 Å². The molecule has 4 N–H and O–H groups in total. The second-order valence-electron chi connectivity index (χ2n) is 3.73. The lowest BCUT2D eigenvalue weighted by atomic mass is 9.99. The Kier molecular flexibility index (Phi) is 4.18. The van der Waals surface area contributed by atoms with Crippen molar-refractivity contribution in [1.82, 2.24) is 10.9 Å². The van der Waals surface area contributed by atoms with Gasteiger partial charge < -0.3 is 5.73 Å². The Morgan fingerprint density at radius 1 is 1.54 bits per heavy atom. The van der Waals surface area contributed by atoms with Gasteiger partial charge >= 0.3 is 0 Å². The van der Waals surface area contributed by atoms with Crippen LogP contribution in [0.3, 0.4) is 0 Å². The number of hydrogen-bond acceptors (Lipinski definition) is 3. The molecule has 4 heteroatoms. The highest BCUT2D eigenvalue weighted by Gasteiger charge is 2.21. The highest BCUT2D eigenvalue weighted by atomic mass is 16.2. The van der Waals surface area contributed by atoms with Gasteiger partial charge in [-0.2, -0.15) is 0 Å². The molecule has 1 unspecified atom stereocenters. The van der Waals surface area contributed by atoms with Crippen molar-refractivity contribution < 1.29 is 4.79 Å². The fraction of sp³-hybridized carbons (Fsp3) is 0.889. The van der Waals surface area contributed by atoms with Crippen molar-refractivity contribution in [2.75, 3.05) is 7.05 Å². The summed E-state index contributed by atoms with van der Waals surface area (Å²) in [7, 11) is 1.67. The topological polar surface area (TPSA) is 67.1 Å². The van der Waals surface area contributed by atoms with Crippen LogP contribution in [0.4, 0.5) is 0 Å². The molecule has 0 heterocycles. The largest absolute Gasteiger partial charge is 0.320 e. The Hall–Kier alpha value is -0.610. The highest BCUT2D eigenvalue weighted by Crippen LogP contribution is 2.28. The normalized spacial score (nSPS) is 20.2. The van der Waals surface area contributed by atoms with Crippen LogP contribution < -0.4 is 16.6 Å². The summed E-state index contributed by atoms with van der Waals surface area (Å²) >= 11 is 0. The van der Waals surface area contributed by atoms with E-state index in [0.29, 0.717) is 5.92 Å². The molecule has 0 aromatic heterocycles. The van der Waals surface area contributed by atoms with Gasteiger partial charge in [0.05, 0.1) is 6.04 Å². The van der Waals surface area contributed by atoms with Gasteiger partial charge in [-0.1, -0.05) is 25.7 Å². The van der Waals surface area contributed by atoms with Crippen molar-refractivity contribution in [3.8, 4) is 0 Å². The van der Waals surface area contributed by atoms with Crippen LogP contribution in [-0.2, 0) is 4.79 Å². The molecule has 0 saturated heterocycles. The van der Waals surface area contributed by atoms with Crippen molar-refractivity contribution in [2.45, 2.75) is 38.1 Å². The summed E-state index contributed by atoms with van der Waals surface area (Å²) in [6, 6.07) is -0.351. The smallest absolute Gasteiger partial charge is 0.250 e. The second kappa shape index (κ2) is 5.19. The summed E-state index contributed by atoms with van der Waals surface area (Å²) in [4.78, 5) is 11.2. The van der Waals surface area contributed by atoms with Gasteiger partial charge in [0.1, 0.15) is 0 Å². The summed E-state index contributed by atoms with van der Waals surface area (Å²) in [6.45, 7) is 0. The molecular weight excluding hydrogens is 166 g/mol. The molecule has 1 fully saturated rings. The average molecular weight is 185 g/mol. The van der Waals surface area contributed by atoms with E-state index in [-0.39, 0.29) is 11.9 Å². The first-order valence-electron chi connectivity index (χ1n) is 4.96. The maximum absolute atomic E-state index is 11.2. The van der Waals surface area contributed by atoms with Crippen molar-refractivity contribution in [2.24, 2.45) is 11.7 Å². The number of carbonyl (C=O) groups excluding carboxylic acids is 1. The lowest BCUT2D eigenvalue weighted by Gasteiger charge is -2.15. The standard InChI is InChI=1S/C9H19N3O/c1-11-12-9(13)8(10)6-7-4-2-3-5-7/h7-8,11H,2-6,10H2,1H3,(H,12,13). The minimum absolute atomic E-state index is 0.102. The van der Waals surface area contributed by atoms with Gasteiger partial charge in [0.25, 0.3) is 5.91 Å². The Bertz CT molecular complexity index is 166. The summed E-state index contributed by atoms with van der Waals surface area (Å²) < 4.78 is 0. The Morgan fingerprint density at radius 3 is 2.69 bits per heavy atom. The maximum atomic E-state index is 11.2. The third kappa shape index (κ3) is 3.32. The van der Waals surface area contributed by atoms with Crippen LogP contribution in [0.15, 0.2) is 0 Å². The van der Waals surface area contributed by atoms with Crippen molar-refractivity contribution >= 4 is 5.91 Å². The van der Waals surface area contributed by atoms with E-state index in [0.717, 1.165) is 6.42 Å². The number of amides is 1. The fourth-order valence-electron chi connectivity index (χ4n) is 1.93. The lowest BCUT2D eigenvalue weighted by molar-refractivity contribution is -0.123. The molecule has 0 bridgehead atoms. The van der Waals surface area contributed by atoms with Crippen LogP contribution in [0.5, 0.6) is 0 Å². The summed E-state index contributed by atoms with van der Waals surface area (Å²) in [5, 5.41) is 0. The number of carbonyl (C=O) groups is 1. The van der Waals surface area contributed by atoms with Crippen LogP contribution in [0.2, 0.25) is 0 Å². The van der Waals surface area contributed by atoms with Crippen molar-refractivity contribution in [3.05, 3.63) is 0 Å². The van der Waals surface area contributed by atoms with Gasteiger partial charge in [-0.05, 0) is 12.3 Å². The molecule has 0 aromatic carbocycles. The second-order valence-corrected chi connectivity index (χ2v) is 3.73. The van der Waals surface area contributed by atoms with E-state index >= 15 is 0 Å². The monoisotopic (exact) mass is 185 g/mol. The van der Waals surface area contributed by atoms with Gasteiger partial charge in [-0.15, -0.1) is 0 Å². The predicted molar refractivity (Wildman–Crippen MR) is 51.8 cm³/mol. The minimum Gasteiger partial charge on any atom is -0.320 e. The van der Waals surface area contributed by atoms with E-state index in [1.165, 1.54) is 25.7 Å². The van der Waals surface area contributed by atoms with E-state index in [4.69, 9.17) is 5.73 Å². The van der Waals surface area contributed by atoms with Gasteiger partial charge in [-0.3, -0.25) is 10.2 Å². The first-order valence-corrected chi connectivity index (χ1v) is 4.96. The zero-order chi connectivity index (χ0) is 9.68. The molecule has 1 amide bonds. The zero-order valence-electron chi connectivity index (χ0n) is 8.18. The molecule has 0 aliphatic heterocycles. The van der Waals surface area contributed by atoms with Crippen LogP contribution in [0.1, 0.15) is 32.1 Å². The van der Waals surface area contributed by atoms with E-state index in [9.17, 15) is 4.79 Å². The first-order chi connectivity index (χ1) is 6.24. The van der Waals surface area contributed by atoms with Gasteiger partial charge in [0, 0.05) is 7.05 Å². The van der Waals surface area contributed by atoms with E-state index < -0.39 is 0 Å². The van der Waals surface area contributed by atoms with Gasteiger partial charge in [0.2, 0.25) is 0 Å². The Morgan fingerprint density at radius 2 is 2.15 bits per heavy atom. The minimum atomic E-state index is -0.351. The van der Waals surface area contributed by atoms with Gasteiger partial charge in [-0.25, -0.2) is 5.43 Å². The van der Waals surface area contributed by atoms with Crippen molar-refractivity contribution in [1.29, 1.82) is 0 Å². The van der Waals surface area contributed by atoms with Crippen LogP contribution in [0.25, 0.3) is 0 Å². The molecule has 1 aliphatic carbocycles. The molecule has 1 aliphatic rings. The number of nitrogens with one attached hydrogen (secondary N) is 2. The van der Waals surface area contributed by atoms with E-state index in [1.807, 2.05) is 0 Å². The fourth-order valence-corrected chi connectivity index (χ4v) is 1.93. The third-order valence-electron chi connectivity index (χ3n) is 2.65. The molecule has 0 spiro atoms. The van der Waals surface area contributed by atoms with Crippen LogP contribution in [0, 0.1) is 5.92 Å². The maximum Gasteiger partial charge on any atom is 0.250 e. The summed E-state index contributed by atoms with van der Waals surface area (Å²) in [5.41, 5.74) is 10.8. The molecular formula is C9H19N3O. The summed E-state index contributed by atoms with van der Waals surface area (Å²) in [6.07, 6.45) is 5.89. The number of hydrazine groups is 1. The molecule has 1 atom stereocenters. The van der Waals surface area contributed by atoms with E-state index in [2.05, 4.69) is 10.9 Å². The molecule has 0 aromatic rings. The zero-order valence-corrected chi connectivity index (χ0v) is 8.18. The van der Waals surface area contributed by atoms with Crippen LogP contribution in [-0.4, -0.2) is 19.0 Å². The number of nitrogens with two attached hydrogens (primary N) is 1. The number of rotatable bonds is 4. The molecule has 76 valence electrons. The van der Waals surface area contributed by atoms with Crippen LogP contribution >= 0.6 is 0 Å². The molecule has 0 radical (unpaired) electrons. The quantitative estimate of drug-likeness (QED) is 0.546. The number of hydrogen-bond donors (Lipinski definition) is 3. The molecule has 13 heavy (non-hydrogen) atoms. The highest BCUT2D eigenvalue weighted by molar-refractivity contribution is 5.80. The predicted octanol–water partition coefficient (Wildman–Crippen LogP) is 0.145. The summed E-state index contributed by atoms with van der Waals surface area (Å²) in [5.74, 6) is 0.562. The Balaban J connectivity index is 2.22. The Labute approximate surface area is 79.2 Å². The first kappa shape index (κ1) is 10.5. The molecule has 4 nitrogen and oxygen atoms in total.